The van der Waals surface area contributed by atoms with Gasteiger partial charge in [-0.25, -0.2) is 0 Å². The molecule has 0 spiro atoms. The molecule has 0 saturated heterocycles. The average Bonchev–Trinajstić information content (AvgIpc) is 2.46. The molecule has 0 atom stereocenters. The monoisotopic (exact) mass is 271 g/mol. The van der Waals surface area contributed by atoms with Gasteiger partial charge >= 0.3 is 0 Å². The number of carbonyl (C=O) groups is 1. The van der Waals surface area contributed by atoms with Crippen molar-refractivity contribution in [2.45, 2.75) is 0 Å². The fourth-order valence-electron chi connectivity index (χ4n) is 2.07. The zero-order valence-corrected chi connectivity index (χ0v) is 11.5. The Bertz CT molecular complexity index is 624. The first-order valence-electron chi connectivity index (χ1n) is 6.10. The van der Waals surface area contributed by atoms with Gasteiger partial charge in [-0.2, -0.15) is 0 Å². The minimum atomic E-state index is -0.507. The van der Waals surface area contributed by atoms with Gasteiger partial charge in [0.15, 0.2) is 0 Å². The van der Waals surface area contributed by atoms with Gasteiger partial charge in [-0.1, -0.05) is 6.07 Å². The Labute approximate surface area is 117 Å². The second-order valence-electron chi connectivity index (χ2n) is 4.36. The number of nitrogens with two attached hydrogens (primary N) is 2. The first kappa shape index (κ1) is 13.7. The van der Waals surface area contributed by atoms with Crippen molar-refractivity contribution in [2.24, 2.45) is 5.73 Å². The molecule has 0 aliphatic rings. The van der Waals surface area contributed by atoms with Crippen LogP contribution in [0.15, 0.2) is 42.5 Å². The van der Waals surface area contributed by atoms with Crippen LogP contribution in [0, 0.1) is 0 Å². The molecule has 0 bridgehead atoms. The van der Waals surface area contributed by atoms with E-state index in [-0.39, 0.29) is 0 Å². The summed E-state index contributed by atoms with van der Waals surface area (Å²) in [6, 6.07) is 12.6. The molecule has 5 heteroatoms. The Morgan fingerprint density at radius 1 is 1.15 bits per heavy atom. The van der Waals surface area contributed by atoms with E-state index in [9.17, 15) is 4.79 Å². The maximum absolute atomic E-state index is 11.5. The van der Waals surface area contributed by atoms with Gasteiger partial charge in [-0.3, -0.25) is 4.79 Å². The third-order valence-corrected chi connectivity index (χ3v) is 3.13. The van der Waals surface area contributed by atoms with E-state index in [4.69, 9.17) is 16.2 Å². The number of primary amides is 1. The molecule has 104 valence electrons. The molecule has 0 aliphatic heterocycles. The molecule has 2 aromatic rings. The molecule has 0 saturated carbocycles. The van der Waals surface area contributed by atoms with E-state index in [1.807, 2.05) is 36.2 Å². The quantitative estimate of drug-likeness (QED) is 0.835. The number of rotatable bonds is 4. The Balaban J connectivity index is 2.46. The lowest BCUT2D eigenvalue weighted by Gasteiger charge is -2.23. The molecular weight excluding hydrogens is 254 g/mol. The fourth-order valence-corrected chi connectivity index (χ4v) is 2.07. The molecule has 4 N–H and O–H groups in total. The number of nitrogen functional groups attached to an aromatic ring is 1. The zero-order chi connectivity index (χ0) is 14.7. The summed E-state index contributed by atoms with van der Waals surface area (Å²) in [6.07, 6.45) is 0. The Morgan fingerprint density at radius 3 is 2.35 bits per heavy atom. The van der Waals surface area contributed by atoms with Crippen LogP contribution in [0.5, 0.6) is 5.75 Å². The lowest BCUT2D eigenvalue weighted by Crippen LogP contribution is -2.19. The molecular formula is C15H17N3O2. The Hall–Kier alpha value is -2.69. The number of amides is 1. The predicted molar refractivity (Wildman–Crippen MR) is 80.4 cm³/mol. The molecule has 20 heavy (non-hydrogen) atoms. The highest BCUT2D eigenvalue weighted by Crippen LogP contribution is 2.33. The van der Waals surface area contributed by atoms with Crippen LogP contribution in [-0.4, -0.2) is 20.1 Å². The summed E-state index contributed by atoms with van der Waals surface area (Å²) in [5, 5.41) is 0. The van der Waals surface area contributed by atoms with Crippen LogP contribution < -0.4 is 21.1 Å². The molecule has 2 rings (SSSR count). The van der Waals surface area contributed by atoms with Gasteiger partial charge < -0.3 is 21.1 Å². The Morgan fingerprint density at radius 2 is 1.80 bits per heavy atom. The van der Waals surface area contributed by atoms with Gasteiger partial charge in [0.2, 0.25) is 0 Å². The lowest BCUT2D eigenvalue weighted by molar-refractivity contribution is 0.100. The summed E-state index contributed by atoms with van der Waals surface area (Å²) in [4.78, 5) is 13.4. The average molecular weight is 271 g/mol. The number of nitrogens with zero attached hydrogens (tertiary/aromatic N) is 1. The molecule has 1 amide bonds. The number of ether oxygens (including phenoxy) is 1. The van der Waals surface area contributed by atoms with Crippen molar-refractivity contribution in [1.82, 2.24) is 0 Å². The van der Waals surface area contributed by atoms with Gasteiger partial charge in [0.25, 0.3) is 5.91 Å². The number of hydrogen-bond donors (Lipinski definition) is 2. The second kappa shape index (κ2) is 5.52. The van der Waals surface area contributed by atoms with E-state index in [1.165, 1.54) is 0 Å². The van der Waals surface area contributed by atoms with Crippen molar-refractivity contribution in [1.29, 1.82) is 0 Å². The van der Waals surface area contributed by atoms with Crippen LogP contribution in [-0.2, 0) is 0 Å². The highest BCUT2D eigenvalue weighted by atomic mass is 16.5. The molecule has 0 aromatic heterocycles. The summed E-state index contributed by atoms with van der Waals surface area (Å²) >= 11 is 0. The second-order valence-corrected chi connectivity index (χ2v) is 4.36. The SMILES string of the molecule is COc1ccc(N(C)c2c(N)cccc2C(N)=O)cc1. The maximum Gasteiger partial charge on any atom is 0.250 e. The van der Waals surface area contributed by atoms with Crippen molar-refractivity contribution in [2.75, 3.05) is 24.8 Å². The van der Waals surface area contributed by atoms with Crippen molar-refractivity contribution in [3.8, 4) is 5.75 Å². The lowest BCUT2D eigenvalue weighted by atomic mass is 10.1. The number of anilines is 3. The summed E-state index contributed by atoms with van der Waals surface area (Å²) in [5.41, 5.74) is 13.8. The van der Waals surface area contributed by atoms with Gasteiger partial charge in [0.05, 0.1) is 24.0 Å². The van der Waals surface area contributed by atoms with E-state index >= 15 is 0 Å². The van der Waals surface area contributed by atoms with Crippen molar-refractivity contribution in [3.05, 3.63) is 48.0 Å². The number of methoxy groups -OCH3 is 1. The van der Waals surface area contributed by atoms with Crippen LogP contribution in [0.3, 0.4) is 0 Å². The van der Waals surface area contributed by atoms with Crippen molar-refractivity contribution >= 4 is 23.0 Å². The summed E-state index contributed by atoms with van der Waals surface area (Å²) in [7, 11) is 3.44. The van der Waals surface area contributed by atoms with Gasteiger partial charge in [-0.05, 0) is 36.4 Å². The van der Waals surface area contributed by atoms with Crippen LogP contribution in [0.4, 0.5) is 17.1 Å². The summed E-state index contributed by atoms with van der Waals surface area (Å²) in [5.74, 6) is 0.256. The van der Waals surface area contributed by atoms with E-state index in [2.05, 4.69) is 0 Å². The molecule has 0 fully saturated rings. The topological polar surface area (TPSA) is 81.6 Å². The number of para-hydroxylation sites is 1. The summed E-state index contributed by atoms with van der Waals surface area (Å²) in [6.45, 7) is 0. The maximum atomic E-state index is 11.5. The smallest absolute Gasteiger partial charge is 0.250 e. The molecule has 0 aliphatic carbocycles. The third-order valence-electron chi connectivity index (χ3n) is 3.13. The molecule has 2 aromatic carbocycles. The highest BCUT2D eigenvalue weighted by Gasteiger charge is 2.16. The van der Waals surface area contributed by atoms with Crippen LogP contribution in [0.2, 0.25) is 0 Å². The standard InChI is InChI=1S/C15H17N3O2/c1-18(10-6-8-11(20-2)9-7-10)14-12(15(17)19)4-3-5-13(14)16/h3-9H,16H2,1-2H3,(H2,17,19). The third kappa shape index (κ3) is 2.51. The number of hydrogen-bond acceptors (Lipinski definition) is 4. The van der Waals surface area contributed by atoms with Crippen LogP contribution in [0.25, 0.3) is 0 Å². The molecule has 0 heterocycles. The van der Waals surface area contributed by atoms with E-state index in [1.54, 1.807) is 25.3 Å². The molecule has 5 nitrogen and oxygen atoms in total. The molecule has 0 unspecified atom stereocenters. The first-order valence-corrected chi connectivity index (χ1v) is 6.10. The van der Waals surface area contributed by atoms with Gasteiger partial charge in [0.1, 0.15) is 5.75 Å². The minimum absolute atomic E-state index is 0.392. The van der Waals surface area contributed by atoms with Gasteiger partial charge in [-0.15, -0.1) is 0 Å². The predicted octanol–water partition coefficient (Wildman–Crippen LogP) is 2.14. The van der Waals surface area contributed by atoms with E-state index in [0.29, 0.717) is 16.9 Å². The Kier molecular flexibility index (Phi) is 3.79. The first-order chi connectivity index (χ1) is 9.54. The molecule has 0 radical (unpaired) electrons. The zero-order valence-electron chi connectivity index (χ0n) is 11.5. The van der Waals surface area contributed by atoms with E-state index < -0.39 is 5.91 Å². The van der Waals surface area contributed by atoms with Gasteiger partial charge in [0, 0.05) is 12.7 Å². The van der Waals surface area contributed by atoms with Crippen LogP contribution in [0.1, 0.15) is 10.4 Å². The fraction of sp³-hybridized carbons (Fsp3) is 0.133. The minimum Gasteiger partial charge on any atom is -0.497 e. The van der Waals surface area contributed by atoms with Crippen LogP contribution >= 0.6 is 0 Å². The normalized spacial score (nSPS) is 10.1. The van der Waals surface area contributed by atoms with Crippen molar-refractivity contribution < 1.29 is 9.53 Å². The number of benzene rings is 2. The van der Waals surface area contributed by atoms with E-state index in [0.717, 1.165) is 11.4 Å². The highest BCUT2D eigenvalue weighted by molar-refractivity contribution is 6.02. The number of carbonyl (C=O) groups excluding carboxylic acids is 1. The largest absolute Gasteiger partial charge is 0.497 e. The van der Waals surface area contributed by atoms with Crippen molar-refractivity contribution in [3.63, 3.8) is 0 Å². The summed E-state index contributed by atoms with van der Waals surface area (Å²) < 4.78 is 5.12.